The molecule has 0 bridgehead atoms. The van der Waals surface area contributed by atoms with E-state index < -0.39 is 29.4 Å². The monoisotopic (exact) mass is 296 g/mol. The summed E-state index contributed by atoms with van der Waals surface area (Å²) in [7, 11) is 0. The zero-order valence-electron chi connectivity index (χ0n) is 9.58. The van der Waals surface area contributed by atoms with Crippen LogP contribution in [0.2, 0.25) is 5.02 Å². The second-order valence-electron chi connectivity index (χ2n) is 3.24. The zero-order chi connectivity index (χ0) is 14.6. The Hall–Kier alpha value is -1.76. The van der Waals surface area contributed by atoms with Crippen molar-refractivity contribution >= 4 is 23.4 Å². The summed E-state index contributed by atoms with van der Waals surface area (Å²) in [5.41, 5.74) is -0.415. The SMILES string of the molecule is CCOC(=O)C(=O)c1cc(OC(F)(F)F)ccc1Cl. The third-order valence-electron chi connectivity index (χ3n) is 1.88. The number of ketones is 1. The predicted octanol–water partition coefficient (Wildman–Crippen LogP) is 2.98. The fourth-order valence-electron chi connectivity index (χ4n) is 1.18. The first-order chi connectivity index (χ1) is 8.74. The minimum Gasteiger partial charge on any atom is -0.460 e. The molecule has 0 saturated carbocycles. The lowest BCUT2D eigenvalue weighted by Crippen LogP contribution is -2.20. The lowest BCUT2D eigenvalue weighted by atomic mass is 10.1. The molecule has 8 heteroatoms. The number of Topliss-reactive ketones (excluding diaryl/α,β-unsaturated/α-hetero) is 1. The maximum Gasteiger partial charge on any atom is 0.573 e. The molecule has 0 atom stereocenters. The molecule has 0 aliphatic heterocycles. The van der Waals surface area contributed by atoms with Gasteiger partial charge in [0.15, 0.2) is 0 Å². The molecule has 1 aromatic rings. The number of ether oxygens (including phenoxy) is 2. The molecule has 1 rings (SSSR count). The number of esters is 1. The van der Waals surface area contributed by atoms with Crippen molar-refractivity contribution in [3.63, 3.8) is 0 Å². The zero-order valence-corrected chi connectivity index (χ0v) is 10.3. The van der Waals surface area contributed by atoms with Crippen molar-refractivity contribution in [2.45, 2.75) is 13.3 Å². The third-order valence-corrected chi connectivity index (χ3v) is 2.21. The van der Waals surface area contributed by atoms with Gasteiger partial charge < -0.3 is 9.47 Å². The Morgan fingerprint density at radius 2 is 1.95 bits per heavy atom. The molecule has 0 radical (unpaired) electrons. The van der Waals surface area contributed by atoms with E-state index >= 15 is 0 Å². The number of halogens is 4. The van der Waals surface area contributed by atoms with Crippen LogP contribution in [0.15, 0.2) is 18.2 Å². The van der Waals surface area contributed by atoms with E-state index in [1.807, 2.05) is 0 Å². The van der Waals surface area contributed by atoms with Gasteiger partial charge in [0.05, 0.1) is 17.2 Å². The van der Waals surface area contributed by atoms with Crippen molar-refractivity contribution in [2.24, 2.45) is 0 Å². The van der Waals surface area contributed by atoms with E-state index in [1.165, 1.54) is 6.92 Å². The normalized spacial score (nSPS) is 11.0. The Morgan fingerprint density at radius 3 is 2.47 bits per heavy atom. The van der Waals surface area contributed by atoms with Gasteiger partial charge in [-0.15, -0.1) is 13.2 Å². The highest BCUT2D eigenvalue weighted by molar-refractivity contribution is 6.45. The van der Waals surface area contributed by atoms with Crippen LogP contribution in [0.1, 0.15) is 17.3 Å². The number of carbonyl (C=O) groups is 2. The van der Waals surface area contributed by atoms with E-state index in [1.54, 1.807) is 0 Å². The maximum atomic E-state index is 12.0. The van der Waals surface area contributed by atoms with Gasteiger partial charge in [-0.1, -0.05) is 11.6 Å². The van der Waals surface area contributed by atoms with Crippen molar-refractivity contribution in [1.82, 2.24) is 0 Å². The standard InChI is InChI=1S/C11H8ClF3O4/c1-2-18-10(17)9(16)7-5-6(3-4-8(7)12)19-11(13,14)15/h3-5H,2H2,1H3. The minimum atomic E-state index is -4.90. The van der Waals surface area contributed by atoms with Crippen molar-refractivity contribution < 1.29 is 32.2 Å². The van der Waals surface area contributed by atoms with Crippen LogP contribution in [-0.4, -0.2) is 24.7 Å². The topological polar surface area (TPSA) is 52.6 Å². The molecule has 0 unspecified atom stereocenters. The van der Waals surface area contributed by atoms with Crippen molar-refractivity contribution in [1.29, 1.82) is 0 Å². The molecule has 0 amide bonds. The van der Waals surface area contributed by atoms with Crippen molar-refractivity contribution in [2.75, 3.05) is 6.61 Å². The van der Waals surface area contributed by atoms with Crippen LogP contribution in [0.3, 0.4) is 0 Å². The Kier molecular flexibility index (Phi) is 4.77. The summed E-state index contributed by atoms with van der Waals surface area (Å²) >= 11 is 5.64. The number of hydrogen-bond donors (Lipinski definition) is 0. The van der Waals surface area contributed by atoms with Crippen molar-refractivity contribution in [3.8, 4) is 5.75 Å². The van der Waals surface area contributed by atoms with Gasteiger partial charge in [-0.25, -0.2) is 4.79 Å². The van der Waals surface area contributed by atoms with Crippen molar-refractivity contribution in [3.05, 3.63) is 28.8 Å². The lowest BCUT2D eigenvalue weighted by Gasteiger charge is -2.10. The average molecular weight is 297 g/mol. The molecule has 0 N–H and O–H groups in total. The number of alkyl halides is 3. The van der Waals surface area contributed by atoms with E-state index in [-0.39, 0.29) is 11.6 Å². The minimum absolute atomic E-state index is 0.0407. The van der Waals surface area contributed by atoms with Crippen LogP contribution in [-0.2, 0) is 9.53 Å². The fourth-order valence-corrected chi connectivity index (χ4v) is 1.39. The smallest absolute Gasteiger partial charge is 0.460 e. The lowest BCUT2D eigenvalue weighted by molar-refractivity contribution is -0.274. The van der Waals surface area contributed by atoms with Crippen LogP contribution < -0.4 is 4.74 Å². The molecule has 104 valence electrons. The largest absolute Gasteiger partial charge is 0.573 e. The second-order valence-corrected chi connectivity index (χ2v) is 3.65. The van der Waals surface area contributed by atoms with Gasteiger partial charge in [0.2, 0.25) is 0 Å². The molecule has 0 saturated heterocycles. The summed E-state index contributed by atoms with van der Waals surface area (Å²) in [6.07, 6.45) is -4.90. The van der Waals surface area contributed by atoms with Gasteiger partial charge in [0.25, 0.3) is 5.78 Å². The maximum absolute atomic E-state index is 12.0. The van der Waals surface area contributed by atoms with Gasteiger partial charge in [-0.05, 0) is 25.1 Å². The Bertz CT molecular complexity index is 499. The van der Waals surface area contributed by atoms with Crippen LogP contribution >= 0.6 is 11.6 Å². The molecule has 1 aromatic carbocycles. The summed E-state index contributed by atoms with van der Waals surface area (Å²) in [5, 5.41) is -0.174. The van der Waals surface area contributed by atoms with Crippen LogP contribution in [0.4, 0.5) is 13.2 Å². The Balaban J connectivity index is 3.04. The molecule has 0 spiro atoms. The predicted molar refractivity (Wildman–Crippen MR) is 59.1 cm³/mol. The van der Waals surface area contributed by atoms with Gasteiger partial charge in [-0.3, -0.25) is 4.79 Å². The van der Waals surface area contributed by atoms with E-state index in [4.69, 9.17) is 11.6 Å². The average Bonchev–Trinajstić information content (AvgIpc) is 2.29. The van der Waals surface area contributed by atoms with E-state index in [2.05, 4.69) is 9.47 Å². The molecular weight excluding hydrogens is 289 g/mol. The van der Waals surface area contributed by atoms with E-state index in [9.17, 15) is 22.8 Å². The number of rotatable bonds is 4. The highest BCUT2D eigenvalue weighted by Crippen LogP contribution is 2.27. The molecule has 0 aromatic heterocycles. The van der Waals surface area contributed by atoms with Crippen LogP contribution in [0, 0.1) is 0 Å². The van der Waals surface area contributed by atoms with E-state index in [0.29, 0.717) is 0 Å². The molecule has 0 aliphatic carbocycles. The summed E-state index contributed by atoms with van der Waals surface area (Å²) in [4.78, 5) is 22.8. The van der Waals surface area contributed by atoms with Gasteiger partial charge in [-0.2, -0.15) is 0 Å². The number of benzene rings is 1. The van der Waals surface area contributed by atoms with E-state index in [0.717, 1.165) is 18.2 Å². The summed E-state index contributed by atoms with van der Waals surface area (Å²) in [5.74, 6) is -2.99. The Labute approximate surface area is 111 Å². The molecule has 0 aliphatic rings. The highest BCUT2D eigenvalue weighted by Gasteiger charge is 2.32. The Morgan fingerprint density at radius 1 is 1.32 bits per heavy atom. The quantitative estimate of drug-likeness (QED) is 0.487. The van der Waals surface area contributed by atoms with Crippen LogP contribution in [0.25, 0.3) is 0 Å². The number of hydrogen-bond acceptors (Lipinski definition) is 4. The van der Waals surface area contributed by atoms with Gasteiger partial charge in [0, 0.05) is 0 Å². The fraction of sp³-hybridized carbons (Fsp3) is 0.273. The first-order valence-corrected chi connectivity index (χ1v) is 5.39. The first-order valence-electron chi connectivity index (χ1n) is 5.01. The molecule has 0 heterocycles. The summed E-state index contributed by atoms with van der Waals surface area (Å²) in [6.45, 7) is 1.44. The molecular formula is C11H8ClF3O4. The van der Waals surface area contributed by atoms with Gasteiger partial charge in [0.1, 0.15) is 5.75 Å². The molecule has 0 fully saturated rings. The summed E-state index contributed by atoms with van der Waals surface area (Å²) < 4.78 is 44.1. The van der Waals surface area contributed by atoms with Crippen LogP contribution in [0.5, 0.6) is 5.75 Å². The highest BCUT2D eigenvalue weighted by atomic mass is 35.5. The summed E-state index contributed by atoms with van der Waals surface area (Å²) in [6, 6.07) is 2.68. The van der Waals surface area contributed by atoms with Gasteiger partial charge >= 0.3 is 12.3 Å². The second kappa shape index (κ2) is 5.92. The molecule has 4 nitrogen and oxygen atoms in total. The molecule has 19 heavy (non-hydrogen) atoms. The number of carbonyl (C=O) groups excluding carboxylic acids is 2. The first kappa shape index (κ1) is 15.3. The third kappa shape index (κ3) is 4.44.